The highest BCUT2D eigenvalue weighted by atomic mass is 16.7. The van der Waals surface area contributed by atoms with Gasteiger partial charge in [0.05, 0.1) is 18.8 Å². The van der Waals surface area contributed by atoms with Crippen LogP contribution in [0.2, 0.25) is 0 Å². The predicted octanol–water partition coefficient (Wildman–Crippen LogP) is 4.44. The van der Waals surface area contributed by atoms with E-state index in [1.807, 2.05) is 62.4 Å². The normalized spacial score (nSPS) is 17.5. The molecular formula is C30H42N2O6. The Morgan fingerprint density at radius 2 is 1.74 bits per heavy atom. The summed E-state index contributed by atoms with van der Waals surface area (Å²) in [4.78, 5) is 25.4. The molecule has 1 aliphatic rings. The van der Waals surface area contributed by atoms with E-state index >= 15 is 0 Å². The number of hydrogen-bond donors (Lipinski definition) is 3. The maximum absolute atomic E-state index is 12.8. The molecule has 1 unspecified atom stereocenters. The van der Waals surface area contributed by atoms with E-state index in [0.29, 0.717) is 31.6 Å². The van der Waals surface area contributed by atoms with Crippen LogP contribution < -0.4 is 15.4 Å². The third-order valence-electron chi connectivity index (χ3n) is 6.60. The van der Waals surface area contributed by atoms with Crippen molar-refractivity contribution in [2.45, 2.75) is 84.3 Å². The Hall–Kier alpha value is -3.10. The van der Waals surface area contributed by atoms with Crippen molar-refractivity contribution < 1.29 is 28.9 Å². The average Bonchev–Trinajstić information content (AvgIpc) is 3.36. The lowest BCUT2D eigenvalue weighted by Gasteiger charge is -2.29. The first-order valence-electron chi connectivity index (χ1n) is 13.5. The molecule has 1 saturated heterocycles. The molecule has 3 N–H and O–H groups in total. The van der Waals surface area contributed by atoms with Crippen molar-refractivity contribution in [3.8, 4) is 5.75 Å². The molecule has 0 aliphatic carbocycles. The second kappa shape index (κ2) is 14.7. The van der Waals surface area contributed by atoms with Gasteiger partial charge < -0.3 is 30.0 Å². The summed E-state index contributed by atoms with van der Waals surface area (Å²) in [6.45, 7) is 8.48. The molecule has 38 heavy (non-hydrogen) atoms. The predicted molar refractivity (Wildman–Crippen MR) is 146 cm³/mol. The van der Waals surface area contributed by atoms with Gasteiger partial charge >= 0.3 is 6.09 Å². The van der Waals surface area contributed by atoms with E-state index in [-0.39, 0.29) is 30.9 Å². The number of alkyl carbamates (subject to hydrolysis) is 1. The first-order chi connectivity index (χ1) is 18.2. The van der Waals surface area contributed by atoms with Gasteiger partial charge in [0.1, 0.15) is 5.75 Å². The number of aryl methyl sites for hydroxylation is 2. The molecule has 3 rings (SSSR count). The summed E-state index contributed by atoms with van der Waals surface area (Å²) in [6.07, 6.45) is 0.758. The first-order valence-corrected chi connectivity index (χ1v) is 13.5. The Kier molecular flexibility index (Phi) is 11.4. The monoisotopic (exact) mass is 526 g/mol. The minimum atomic E-state index is -0.921. The Balaban J connectivity index is 1.64. The van der Waals surface area contributed by atoms with Gasteiger partial charge in [0, 0.05) is 12.5 Å². The van der Waals surface area contributed by atoms with Crippen LogP contribution in [0.5, 0.6) is 5.75 Å². The van der Waals surface area contributed by atoms with Crippen molar-refractivity contribution >= 4 is 12.0 Å². The van der Waals surface area contributed by atoms with Crippen LogP contribution >= 0.6 is 0 Å². The SMILES string of the molecule is Cc1cccc(C)c1OCC(=O)N[C@@H](CC(C)C)C[C@H](O)[C@H](Cc1ccccc1)NC(=O)OC1CCCO1. The zero-order valence-corrected chi connectivity index (χ0v) is 22.9. The third kappa shape index (κ3) is 9.65. The number of nitrogens with one attached hydrogen (secondary N) is 2. The molecule has 208 valence electrons. The Labute approximate surface area is 226 Å². The van der Waals surface area contributed by atoms with E-state index in [9.17, 15) is 14.7 Å². The number of ether oxygens (including phenoxy) is 3. The van der Waals surface area contributed by atoms with Gasteiger partial charge in [-0.05, 0) is 62.1 Å². The summed E-state index contributed by atoms with van der Waals surface area (Å²) in [7, 11) is 0. The molecule has 1 heterocycles. The summed E-state index contributed by atoms with van der Waals surface area (Å²) >= 11 is 0. The largest absolute Gasteiger partial charge is 0.483 e. The minimum absolute atomic E-state index is 0.115. The van der Waals surface area contributed by atoms with Crippen LogP contribution in [0.1, 0.15) is 56.2 Å². The number of amides is 2. The van der Waals surface area contributed by atoms with Crippen molar-refractivity contribution in [3.63, 3.8) is 0 Å². The lowest BCUT2D eigenvalue weighted by atomic mass is 9.93. The van der Waals surface area contributed by atoms with Crippen LogP contribution in [-0.2, 0) is 20.7 Å². The van der Waals surface area contributed by atoms with Crippen molar-refractivity contribution in [2.24, 2.45) is 5.92 Å². The van der Waals surface area contributed by atoms with Gasteiger partial charge in [-0.3, -0.25) is 4.79 Å². The van der Waals surface area contributed by atoms with E-state index in [4.69, 9.17) is 14.2 Å². The van der Waals surface area contributed by atoms with E-state index in [0.717, 1.165) is 23.1 Å². The summed E-state index contributed by atoms with van der Waals surface area (Å²) in [6, 6.07) is 14.6. The van der Waals surface area contributed by atoms with Crippen molar-refractivity contribution in [1.29, 1.82) is 0 Å². The van der Waals surface area contributed by atoms with Crippen molar-refractivity contribution in [1.82, 2.24) is 10.6 Å². The van der Waals surface area contributed by atoms with E-state index in [1.165, 1.54) is 0 Å². The van der Waals surface area contributed by atoms with Crippen LogP contribution in [-0.4, -0.2) is 54.8 Å². The van der Waals surface area contributed by atoms with Crippen LogP contribution in [0.3, 0.4) is 0 Å². The number of para-hydroxylation sites is 1. The molecule has 0 radical (unpaired) electrons. The van der Waals surface area contributed by atoms with Gasteiger partial charge in [0.25, 0.3) is 5.91 Å². The first kappa shape index (κ1) is 29.5. The molecule has 0 saturated carbocycles. The summed E-state index contributed by atoms with van der Waals surface area (Å²) in [5.41, 5.74) is 2.91. The number of carbonyl (C=O) groups excluding carboxylic acids is 2. The van der Waals surface area contributed by atoms with Gasteiger partial charge in [-0.1, -0.05) is 62.4 Å². The second-order valence-electron chi connectivity index (χ2n) is 10.5. The highest BCUT2D eigenvalue weighted by Gasteiger charge is 2.28. The zero-order chi connectivity index (χ0) is 27.5. The molecule has 0 aromatic heterocycles. The van der Waals surface area contributed by atoms with Gasteiger partial charge in [0.2, 0.25) is 6.29 Å². The molecule has 0 bridgehead atoms. The molecule has 2 aromatic carbocycles. The van der Waals surface area contributed by atoms with Crippen molar-refractivity contribution in [3.05, 3.63) is 65.2 Å². The second-order valence-corrected chi connectivity index (χ2v) is 10.5. The van der Waals surface area contributed by atoms with Gasteiger partial charge in [-0.15, -0.1) is 0 Å². The topological polar surface area (TPSA) is 106 Å². The number of carbonyl (C=O) groups is 2. The standard InChI is InChI=1S/C30H42N2O6/c1-20(2)16-24(31-27(34)19-37-29-21(3)10-8-11-22(29)4)18-26(33)25(17-23-12-6-5-7-13-23)32-30(35)38-28-14-9-15-36-28/h5-8,10-13,20,24-26,28,33H,9,14-19H2,1-4H3,(H,31,34)(H,32,35)/t24-,25-,26-,28?/m0/s1. The number of aliphatic hydroxyl groups excluding tert-OH is 1. The average molecular weight is 527 g/mol. The van der Waals surface area contributed by atoms with Gasteiger partial charge in [0.15, 0.2) is 6.61 Å². The number of rotatable bonds is 13. The number of aliphatic hydroxyl groups is 1. The lowest BCUT2D eigenvalue weighted by molar-refractivity contribution is -0.124. The smallest absolute Gasteiger partial charge is 0.409 e. The molecular weight excluding hydrogens is 484 g/mol. The van der Waals surface area contributed by atoms with Gasteiger partial charge in [-0.2, -0.15) is 0 Å². The molecule has 1 aliphatic heterocycles. The zero-order valence-electron chi connectivity index (χ0n) is 22.9. The highest BCUT2D eigenvalue weighted by Crippen LogP contribution is 2.22. The summed E-state index contributed by atoms with van der Waals surface area (Å²) < 4.78 is 16.6. The Morgan fingerprint density at radius 3 is 2.37 bits per heavy atom. The molecule has 4 atom stereocenters. The van der Waals surface area contributed by atoms with Crippen LogP contribution in [0.25, 0.3) is 0 Å². The third-order valence-corrected chi connectivity index (χ3v) is 6.60. The van der Waals surface area contributed by atoms with Gasteiger partial charge in [-0.25, -0.2) is 4.79 Å². The van der Waals surface area contributed by atoms with E-state index in [2.05, 4.69) is 24.5 Å². The lowest BCUT2D eigenvalue weighted by Crippen LogP contribution is -2.49. The molecule has 8 heteroatoms. The summed E-state index contributed by atoms with van der Waals surface area (Å²) in [5, 5.41) is 17.1. The fraction of sp³-hybridized carbons (Fsp3) is 0.533. The molecule has 1 fully saturated rings. The fourth-order valence-electron chi connectivity index (χ4n) is 4.77. The minimum Gasteiger partial charge on any atom is -0.483 e. The van der Waals surface area contributed by atoms with E-state index in [1.54, 1.807) is 0 Å². The molecule has 2 aromatic rings. The Bertz CT molecular complexity index is 1000. The van der Waals surface area contributed by atoms with Crippen LogP contribution in [0, 0.1) is 19.8 Å². The van der Waals surface area contributed by atoms with Crippen LogP contribution in [0.4, 0.5) is 4.79 Å². The van der Waals surface area contributed by atoms with Crippen molar-refractivity contribution in [2.75, 3.05) is 13.2 Å². The molecule has 0 spiro atoms. The highest BCUT2D eigenvalue weighted by molar-refractivity contribution is 5.78. The molecule has 8 nitrogen and oxygen atoms in total. The fourth-order valence-corrected chi connectivity index (χ4v) is 4.77. The number of hydrogen-bond acceptors (Lipinski definition) is 6. The maximum Gasteiger partial charge on any atom is 0.409 e. The Morgan fingerprint density at radius 1 is 1.03 bits per heavy atom. The quantitative estimate of drug-likeness (QED) is 0.356. The number of benzene rings is 2. The summed E-state index contributed by atoms with van der Waals surface area (Å²) in [5.74, 6) is 0.743. The van der Waals surface area contributed by atoms with Crippen LogP contribution in [0.15, 0.2) is 48.5 Å². The maximum atomic E-state index is 12.8. The van der Waals surface area contributed by atoms with E-state index < -0.39 is 24.5 Å². The molecule has 2 amide bonds.